The first-order chi connectivity index (χ1) is 12.9. The molecule has 0 unspecified atom stereocenters. The van der Waals surface area contributed by atoms with Crippen LogP contribution in [0.15, 0.2) is 48.9 Å². The largest absolute Gasteiger partial charge is 0.478 e. The van der Waals surface area contributed by atoms with Gasteiger partial charge in [-0.25, -0.2) is 19.2 Å². The van der Waals surface area contributed by atoms with Crippen molar-refractivity contribution in [2.75, 3.05) is 10.6 Å². The van der Waals surface area contributed by atoms with E-state index in [4.69, 9.17) is 0 Å². The maximum Gasteiger partial charge on any atom is 0.336 e. The molecule has 0 aliphatic heterocycles. The monoisotopic (exact) mass is 367 g/mol. The van der Waals surface area contributed by atoms with Crippen molar-refractivity contribution in [2.45, 2.75) is 19.9 Å². The fourth-order valence-electron chi connectivity index (χ4n) is 2.57. The van der Waals surface area contributed by atoms with E-state index in [1.54, 1.807) is 19.1 Å². The van der Waals surface area contributed by atoms with Gasteiger partial charge in [0.25, 0.3) is 0 Å². The van der Waals surface area contributed by atoms with Gasteiger partial charge in [-0.3, -0.25) is 4.98 Å². The fourth-order valence-corrected chi connectivity index (χ4v) is 2.57. The minimum absolute atomic E-state index is 0.116. The van der Waals surface area contributed by atoms with Crippen LogP contribution in [0.5, 0.6) is 0 Å². The minimum Gasteiger partial charge on any atom is -0.478 e. The molecule has 1 aromatic carbocycles. The summed E-state index contributed by atoms with van der Waals surface area (Å²) in [6.45, 7) is 3.57. The number of pyridine rings is 1. The summed E-state index contributed by atoms with van der Waals surface area (Å²) < 4.78 is 13.1. The molecule has 138 valence electrons. The summed E-state index contributed by atoms with van der Waals surface area (Å²) in [5.41, 5.74) is 1.47. The van der Waals surface area contributed by atoms with Crippen LogP contribution in [0.3, 0.4) is 0 Å². The molecule has 27 heavy (non-hydrogen) atoms. The molecule has 0 bridgehead atoms. The highest BCUT2D eigenvalue weighted by Gasteiger charge is 2.17. The van der Waals surface area contributed by atoms with Gasteiger partial charge in [-0.1, -0.05) is 12.1 Å². The first-order valence-electron chi connectivity index (χ1n) is 8.24. The lowest BCUT2D eigenvalue weighted by molar-refractivity contribution is 0.0696. The summed E-state index contributed by atoms with van der Waals surface area (Å²) >= 11 is 0. The topological polar surface area (TPSA) is 100 Å². The molecule has 0 aliphatic carbocycles. The Bertz CT molecular complexity index is 948. The number of carboxylic acids is 1. The van der Waals surface area contributed by atoms with E-state index in [-0.39, 0.29) is 17.4 Å². The molecule has 0 saturated carbocycles. The first kappa shape index (κ1) is 18.2. The fraction of sp³-hybridized carbons (Fsp3) is 0.158. The van der Waals surface area contributed by atoms with Crippen LogP contribution in [0.1, 0.15) is 34.5 Å². The van der Waals surface area contributed by atoms with Gasteiger partial charge < -0.3 is 15.7 Å². The molecule has 3 rings (SSSR count). The molecule has 3 N–H and O–H groups in total. The van der Waals surface area contributed by atoms with Crippen molar-refractivity contribution >= 4 is 23.4 Å². The molecule has 1 atom stereocenters. The molecule has 2 aromatic heterocycles. The Labute approximate surface area is 155 Å². The van der Waals surface area contributed by atoms with Crippen molar-refractivity contribution in [3.05, 3.63) is 71.4 Å². The van der Waals surface area contributed by atoms with Crippen LogP contribution in [0.25, 0.3) is 0 Å². The first-order valence-corrected chi connectivity index (χ1v) is 8.24. The number of halogens is 1. The lowest BCUT2D eigenvalue weighted by Gasteiger charge is -2.19. The van der Waals surface area contributed by atoms with E-state index in [0.717, 1.165) is 5.56 Å². The second-order valence-electron chi connectivity index (χ2n) is 5.97. The van der Waals surface area contributed by atoms with E-state index in [9.17, 15) is 14.3 Å². The third-order valence-electron chi connectivity index (χ3n) is 4.05. The lowest BCUT2D eigenvalue weighted by Crippen LogP contribution is -2.13. The Balaban J connectivity index is 1.93. The number of nitrogens with one attached hydrogen (secondary N) is 2. The molecule has 0 radical (unpaired) electrons. The third-order valence-corrected chi connectivity index (χ3v) is 4.05. The molecule has 0 spiro atoms. The zero-order valence-electron chi connectivity index (χ0n) is 14.8. The van der Waals surface area contributed by atoms with Gasteiger partial charge in [0, 0.05) is 24.0 Å². The number of benzene rings is 1. The van der Waals surface area contributed by atoms with Gasteiger partial charge in [0.15, 0.2) is 0 Å². The van der Waals surface area contributed by atoms with Gasteiger partial charge in [-0.2, -0.15) is 0 Å². The Morgan fingerprint density at radius 3 is 2.56 bits per heavy atom. The number of rotatable bonds is 6. The Kier molecular flexibility index (Phi) is 5.25. The minimum atomic E-state index is -1.06. The van der Waals surface area contributed by atoms with Crippen molar-refractivity contribution in [3.63, 3.8) is 0 Å². The summed E-state index contributed by atoms with van der Waals surface area (Å²) in [6, 6.07) is 7.33. The lowest BCUT2D eigenvalue weighted by atomic mass is 10.1. The highest BCUT2D eigenvalue weighted by Crippen LogP contribution is 2.26. The van der Waals surface area contributed by atoms with Crippen LogP contribution >= 0.6 is 0 Å². The molecule has 0 amide bonds. The van der Waals surface area contributed by atoms with Gasteiger partial charge in [0.1, 0.15) is 23.3 Å². The second kappa shape index (κ2) is 7.77. The molecule has 3 aromatic rings. The van der Waals surface area contributed by atoms with Gasteiger partial charge in [-0.05, 0) is 37.6 Å². The van der Waals surface area contributed by atoms with E-state index in [2.05, 4.69) is 25.6 Å². The van der Waals surface area contributed by atoms with Crippen LogP contribution in [0.2, 0.25) is 0 Å². The van der Waals surface area contributed by atoms with Crippen molar-refractivity contribution in [1.29, 1.82) is 0 Å². The van der Waals surface area contributed by atoms with E-state index < -0.39 is 5.97 Å². The van der Waals surface area contributed by atoms with Crippen LogP contribution in [0.4, 0.5) is 21.8 Å². The van der Waals surface area contributed by atoms with Gasteiger partial charge in [0.05, 0.1) is 11.8 Å². The van der Waals surface area contributed by atoms with Crippen molar-refractivity contribution in [3.8, 4) is 0 Å². The van der Waals surface area contributed by atoms with Crippen molar-refractivity contribution in [1.82, 2.24) is 15.0 Å². The quantitative estimate of drug-likeness (QED) is 0.607. The molecular formula is C19H18FN5O2. The maximum absolute atomic E-state index is 13.1. The number of hydrogen-bond acceptors (Lipinski definition) is 6. The van der Waals surface area contributed by atoms with E-state index in [0.29, 0.717) is 23.0 Å². The summed E-state index contributed by atoms with van der Waals surface area (Å²) in [5, 5.41) is 15.7. The predicted octanol–water partition coefficient (Wildman–Crippen LogP) is 3.93. The number of carboxylic acid groups (broad SMARTS) is 1. The average Bonchev–Trinajstić information content (AvgIpc) is 2.65. The number of hydrogen-bond donors (Lipinski definition) is 3. The van der Waals surface area contributed by atoms with Crippen LogP contribution in [-0.2, 0) is 0 Å². The van der Waals surface area contributed by atoms with Gasteiger partial charge in [-0.15, -0.1) is 0 Å². The summed E-state index contributed by atoms with van der Waals surface area (Å²) in [6.07, 6.45) is 4.56. The highest BCUT2D eigenvalue weighted by molar-refractivity contribution is 5.92. The maximum atomic E-state index is 13.1. The van der Waals surface area contributed by atoms with E-state index in [1.807, 2.05) is 6.92 Å². The zero-order valence-corrected chi connectivity index (χ0v) is 14.8. The SMILES string of the molecule is Cc1c(C(=O)O)cc(Nc2cnccn2)nc1N[C@@H](C)c1ccc(F)cc1. The second-order valence-corrected chi connectivity index (χ2v) is 5.97. The number of aromatic nitrogens is 3. The summed E-state index contributed by atoms with van der Waals surface area (Å²) in [4.78, 5) is 24.1. The number of aromatic carboxylic acids is 1. The number of anilines is 3. The Morgan fingerprint density at radius 1 is 1.19 bits per heavy atom. The zero-order chi connectivity index (χ0) is 19.4. The molecule has 0 saturated heterocycles. The summed E-state index contributed by atoms with van der Waals surface area (Å²) in [7, 11) is 0. The number of carbonyl (C=O) groups is 1. The molecule has 2 heterocycles. The van der Waals surface area contributed by atoms with Crippen molar-refractivity contribution < 1.29 is 14.3 Å². The highest BCUT2D eigenvalue weighted by atomic mass is 19.1. The molecule has 7 nitrogen and oxygen atoms in total. The van der Waals surface area contributed by atoms with Gasteiger partial charge >= 0.3 is 5.97 Å². The number of nitrogens with zero attached hydrogens (tertiary/aromatic N) is 3. The Hall–Kier alpha value is -3.55. The average molecular weight is 367 g/mol. The summed E-state index contributed by atoms with van der Waals surface area (Å²) in [5.74, 6) is -0.189. The van der Waals surface area contributed by atoms with Crippen LogP contribution in [-0.4, -0.2) is 26.0 Å². The van der Waals surface area contributed by atoms with E-state index in [1.165, 1.54) is 36.8 Å². The normalized spacial score (nSPS) is 11.7. The molecular weight excluding hydrogens is 349 g/mol. The smallest absolute Gasteiger partial charge is 0.336 e. The molecule has 0 aliphatic rings. The van der Waals surface area contributed by atoms with E-state index >= 15 is 0 Å². The van der Waals surface area contributed by atoms with Crippen molar-refractivity contribution in [2.24, 2.45) is 0 Å². The predicted molar refractivity (Wildman–Crippen MR) is 99.7 cm³/mol. The van der Waals surface area contributed by atoms with Crippen LogP contribution < -0.4 is 10.6 Å². The molecule has 8 heteroatoms. The Morgan fingerprint density at radius 2 is 1.93 bits per heavy atom. The van der Waals surface area contributed by atoms with Crippen LogP contribution in [0, 0.1) is 12.7 Å². The third kappa shape index (κ3) is 4.35. The standard InChI is InChI=1S/C19H18FN5O2/c1-11-15(19(26)27)9-16(24-17-10-21-7-8-22-17)25-18(11)23-12(2)13-3-5-14(20)6-4-13/h3-10,12H,1-2H3,(H,26,27)(H2,22,23,24,25)/t12-/m0/s1. The van der Waals surface area contributed by atoms with Gasteiger partial charge in [0.2, 0.25) is 0 Å². The molecule has 0 fully saturated rings.